The van der Waals surface area contributed by atoms with Crippen LogP contribution in [0.1, 0.15) is 38.8 Å². The van der Waals surface area contributed by atoms with Gasteiger partial charge in [0.15, 0.2) is 10.8 Å². The topological polar surface area (TPSA) is 69.3 Å². The molecular weight excluding hydrogens is 518 g/mol. The van der Waals surface area contributed by atoms with Crippen molar-refractivity contribution < 1.29 is 4.79 Å². The van der Waals surface area contributed by atoms with E-state index in [2.05, 4.69) is 50.7 Å². The Labute approximate surface area is 232 Å². The summed E-state index contributed by atoms with van der Waals surface area (Å²) in [7, 11) is 0. The molecule has 0 saturated carbocycles. The molecule has 2 fully saturated rings. The Morgan fingerprint density at radius 1 is 0.974 bits per heavy atom. The molecule has 2 aromatic heterocycles. The Morgan fingerprint density at radius 3 is 2.50 bits per heavy atom. The van der Waals surface area contributed by atoms with Crippen LogP contribution in [0, 0.1) is 0 Å². The second kappa shape index (κ2) is 10.7. The van der Waals surface area contributed by atoms with Crippen molar-refractivity contribution in [2.45, 2.75) is 39.2 Å². The van der Waals surface area contributed by atoms with Gasteiger partial charge in [0.1, 0.15) is 0 Å². The Bertz CT molecular complexity index is 1420. The van der Waals surface area contributed by atoms with Crippen LogP contribution in [0.25, 0.3) is 23.0 Å². The summed E-state index contributed by atoms with van der Waals surface area (Å²) >= 11 is 8.24. The van der Waals surface area contributed by atoms with Crippen LogP contribution in [0.4, 0.5) is 5.69 Å². The van der Waals surface area contributed by atoms with E-state index >= 15 is 0 Å². The molecule has 38 heavy (non-hydrogen) atoms. The van der Waals surface area contributed by atoms with Crippen molar-refractivity contribution in [3.8, 4) is 11.3 Å². The highest BCUT2D eigenvalue weighted by Crippen LogP contribution is 2.33. The third-order valence-electron chi connectivity index (χ3n) is 7.53. The summed E-state index contributed by atoms with van der Waals surface area (Å²) in [5.74, 6) is -0.195. The second-order valence-electron chi connectivity index (χ2n) is 10.3. The van der Waals surface area contributed by atoms with E-state index in [-0.39, 0.29) is 5.91 Å². The van der Waals surface area contributed by atoms with Crippen LogP contribution < -0.4 is 4.90 Å². The minimum absolute atomic E-state index is 0.195. The lowest BCUT2D eigenvalue weighted by Crippen LogP contribution is -2.49. The number of carbonyl (C=O) groups excluding carboxylic acids is 1. The molecule has 10 heteroatoms. The van der Waals surface area contributed by atoms with Gasteiger partial charge in [-0.1, -0.05) is 17.7 Å². The summed E-state index contributed by atoms with van der Waals surface area (Å²) < 4.78 is 1.82. The molecular formula is C28H32ClN7OS. The minimum Gasteiger partial charge on any atom is -0.368 e. The van der Waals surface area contributed by atoms with Crippen molar-refractivity contribution in [2.24, 2.45) is 4.99 Å². The average molecular weight is 550 g/mol. The molecule has 0 unspecified atom stereocenters. The van der Waals surface area contributed by atoms with Crippen LogP contribution in [0.3, 0.4) is 0 Å². The minimum atomic E-state index is -0.195. The fourth-order valence-corrected chi connectivity index (χ4v) is 6.57. The number of nitrogens with zero attached hydrogens (tertiary/aromatic N) is 7. The summed E-state index contributed by atoms with van der Waals surface area (Å²) in [6.07, 6.45) is 7.18. The van der Waals surface area contributed by atoms with E-state index in [1.54, 1.807) is 0 Å². The van der Waals surface area contributed by atoms with Crippen molar-refractivity contribution >= 4 is 51.8 Å². The van der Waals surface area contributed by atoms with Gasteiger partial charge in [-0.05, 0) is 75.2 Å². The Hall–Kier alpha value is -2.88. The largest absolute Gasteiger partial charge is 0.368 e. The molecule has 0 N–H and O–H groups in total. The van der Waals surface area contributed by atoms with Crippen LogP contribution >= 0.6 is 23.4 Å². The first-order valence-electron chi connectivity index (χ1n) is 13.4. The zero-order valence-corrected chi connectivity index (χ0v) is 23.4. The predicted molar refractivity (Wildman–Crippen MR) is 156 cm³/mol. The molecule has 6 rings (SSSR count). The van der Waals surface area contributed by atoms with Crippen molar-refractivity contribution in [3.05, 3.63) is 52.2 Å². The van der Waals surface area contributed by atoms with Gasteiger partial charge in [-0.25, -0.2) is 9.50 Å². The highest BCUT2D eigenvalue weighted by atomic mass is 35.5. The normalized spacial score (nSPS) is 20.3. The smallest absolute Gasteiger partial charge is 0.286 e. The van der Waals surface area contributed by atoms with Gasteiger partial charge >= 0.3 is 0 Å². The van der Waals surface area contributed by atoms with Crippen molar-refractivity contribution in [3.63, 3.8) is 0 Å². The highest BCUT2D eigenvalue weighted by Gasteiger charge is 2.27. The first kappa shape index (κ1) is 25.4. The maximum Gasteiger partial charge on any atom is 0.286 e. The number of fused-ring (bicyclic) bond motifs is 1. The molecule has 0 radical (unpaired) electrons. The molecule has 2 saturated heterocycles. The molecule has 0 atom stereocenters. The second-order valence-corrected chi connectivity index (χ2v) is 11.7. The maximum absolute atomic E-state index is 12.6. The van der Waals surface area contributed by atoms with E-state index in [0.717, 1.165) is 84.9 Å². The molecule has 0 aliphatic carbocycles. The monoisotopic (exact) mass is 549 g/mol. The molecule has 3 aromatic rings. The molecule has 3 aliphatic heterocycles. The summed E-state index contributed by atoms with van der Waals surface area (Å²) in [6, 6.07) is 10.6. The number of benzene rings is 1. The van der Waals surface area contributed by atoms with Gasteiger partial charge in [0.05, 0.1) is 33.2 Å². The number of halogens is 1. The number of thioether (sulfide) groups is 1. The van der Waals surface area contributed by atoms with Crippen LogP contribution in [-0.2, 0) is 4.79 Å². The van der Waals surface area contributed by atoms with E-state index in [1.165, 1.54) is 18.2 Å². The van der Waals surface area contributed by atoms with Gasteiger partial charge in [0.25, 0.3) is 5.91 Å². The molecule has 5 heterocycles. The van der Waals surface area contributed by atoms with E-state index in [4.69, 9.17) is 16.7 Å². The van der Waals surface area contributed by atoms with Crippen molar-refractivity contribution in [1.29, 1.82) is 0 Å². The van der Waals surface area contributed by atoms with Crippen LogP contribution in [0.2, 0.25) is 5.02 Å². The molecule has 0 bridgehead atoms. The van der Waals surface area contributed by atoms with Crippen LogP contribution in [0.15, 0.2) is 46.4 Å². The molecule has 0 spiro atoms. The number of anilines is 1. The van der Waals surface area contributed by atoms with Gasteiger partial charge < -0.3 is 9.80 Å². The number of aliphatic imine (C=N–C) groups is 1. The number of piperidine rings is 1. The summed E-state index contributed by atoms with van der Waals surface area (Å²) in [6.45, 7) is 10.4. The number of likely N-dealkylation sites (tertiary alicyclic amines) is 1. The molecule has 3 aliphatic rings. The van der Waals surface area contributed by atoms with Crippen LogP contribution in [0.5, 0.6) is 0 Å². The molecule has 8 nitrogen and oxygen atoms in total. The SMILES string of the molecule is CC(C)N1CCN(c2ccc(-c3cnc4ccc(/C=C5\SC(N6CCCCC6)=NC5=O)nn34)cc2Cl)CC1. The number of amidine groups is 1. The first-order chi connectivity index (χ1) is 18.5. The zero-order chi connectivity index (χ0) is 26.2. The highest BCUT2D eigenvalue weighted by molar-refractivity contribution is 8.18. The number of amides is 1. The molecule has 1 aromatic carbocycles. The van der Waals surface area contributed by atoms with E-state index in [0.29, 0.717) is 16.6 Å². The van der Waals surface area contributed by atoms with Gasteiger partial charge in [0, 0.05) is 50.9 Å². The summed E-state index contributed by atoms with van der Waals surface area (Å²) in [4.78, 5) is 29.1. The number of piperazine rings is 1. The van der Waals surface area contributed by atoms with Gasteiger partial charge in [-0.3, -0.25) is 9.69 Å². The fraction of sp³-hybridized carbons (Fsp3) is 0.429. The number of rotatable bonds is 4. The fourth-order valence-electron chi connectivity index (χ4n) is 5.32. The number of hydrogen-bond acceptors (Lipinski definition) is 7. The predicted octanol–water partition coefficient (Wildman–Crippen LogP) is 5.04. The lowest BCUT2D eigenvalue weighted by Gasteiger charge is -2.38. The van der Waals surface area contributed by atoms with Crippen molar-refractivity contribution in [2.75, 3.05) is 44.2 Å². The quantitative estimate of drug-likeness (QED) is 0.422. The maximum atomic E-state index is 12.6. The Morgan fingerprint density at radius 2 is 1.76 bits per heavy atom. The number of carbonyl (C=O) groups is 1. The number of imidazole rings is 1. The zero-order valence-electron chi connectivity index (χ0n) is 21.8. The average Bonchev–Trinajstić information content (AvgIpc) is 3.52. The lowest BCUT2D eigenvalue weighted by atomic mass is 10.1. The van der Waals surface area contributed by atoms with E-state index in [9.17, 15) is 4.79 Å². The molecule has 1 amide bonds. The van der Waals surface area contributed by atoms with Gasteiger partial charge in [-0.2, -0.15) is 10.1 Å². The van der Waals surface area contributed by atoms with Gasteiger partial charge in [-0.15, -0.1) is 0 Å². The third-order valence-corrected chi connectivity index (χ3v) is 8.87. The Kier molecular flexibility index (Phi) is 7.16. The number of aromatic nitrogens is 3. The summed E-state index contributed by atoms with van der Waals surface area (Å²) in [5.41, 5.74) is 4.30. The van der Waals surface area contributed by atoms with Crippen LogP contribution in [-0.4, -0.2) is 80.8 Å². The first-order valence-corrected chi connectivity index (χ1v) is 14.6. The third kappa shape index (κ3) is 5.07. The van der Waals surface area contributed by atoms with Gasteiger partial charge in [0.2, 0.25) is 0 Å². The summed E-state index contributed by atoms with van der Waals surface area (Å²) in [5, 5.41) is 6.34. The molecule has 198 valence electrons. The standard InChI is InChI=1S/C28H32ClN7OS/c1-19(2)33-12-14-34(15-13-33)23-8-6-20(16-22(23)29)24-18-30-26-9-7-21(32-36(24)26)17-25-27(37)31-28(38-25)35-10-4-3-5-11-35/h6-9,16-19H,3-5,10-15H2,1-2H3/b25-17-. The van der Waals surface area contributed by atoms with E-state index in [1.807, 2.05) is 35.0 Å². The number of hydrogen-bond donors (Lipinski definition) is 0. The Balaban J connectivity index is 1.22. The van der Waals surface area contributed by atoms with E-state index < -0.39 is 0 Å². The van der Waals surface area contributed by atoms with Crippen molar-refractivity contribution in [1.82, 2.24) is 24.4 Å². The lowest BCUT2D eigenvalue weighted by molar-refractivity contribution is -0.113.